The molecule has 0 bridgehead atoms. The average Bonchev–Trinajstić information content (AvgIpc) is 2.69. The molecule has 3 heteroatoms. The van der Waals surface area contributed by atoms with E-state index < -0.39 is 0 Å². The molecular formula is C26H36O3. The van der Waals surface area contributed by atoms with E-state index in [4.69, 9.17) is 4.74 Å². The topological polar surface area (TPSA) is 43.4 Å². The van der Waals surface area contributed by atoms with Crippen molar-refractivity contribution in [1.29, 1.82) is 0 Å². The van der Waals surface area contributed by atoms with E-state index in [-0.39, 0.29) is 11.4 Å². The molecule has 0 fully saturated rings. The minimum Gasteiger partial charge on any atom is -0.379 e. The third-order valence-electron chi connectivity index (χ3n) is 4.39. The van der Waals surface area contributed by atoms with Gasteiger partial charge in [-0.3, -0.25) is 9.59 Å². The number of carbonyl (C=O) groups is 2. The summed E-state index contributed by atoms with van der Waals surface area (Å²) in [7, 11) is 1.67. The Morgan fingerprint density at radius 1 is 0.793 bits per heavy atom. The maximum Gasteiger partial charge on any atom is 0.158 e. The normalized spacial score (nSPS) is 15.1. The third-order valence-corrected chi connectivity index (χ3v) is 4.39. The van der Waals surface area contributed by atoms with Gasteiger partial charge in [-0.25, -0.2) is 0 Å². The lowest BCUT2D eigenvalue weighted by molar-refractivity contribution is -0.116. The molecule has 0 aliphatic carbocycles. The number of hydrogen-bond acceptors (Lipinski definition) is 3. The molecule has 0 saturated heterocycles. The summed E-state index contributed by atoms with van der Waals surface area (Å²) in [6.45, 7) is 11.6. The predicted molar refractivity (Wildman–Crippen MR) is 124 cm³/mol. The molecule has 0 aliphatic rings. The van der Waals surface area contributed by atoms with Gasteiger partial charge in [0.25, 0.3) is 0 Å². The number of carbonyl (C=O) groups excluding carboxylic acids is 2. The molecular weight excluding hydrogens is 360 g/mol. The lowest BCUT2D eigenvalue weighted by atomic mass is 9.98. The molecule has 0 saturated carbocycles. The second-order valence-corrected chi connectivity index (χ2v) is 7.69. The first-order valence-corrected chi connectivity index (χ1v) is 9.86. The first-order chi connectivity index (χ1) is 13.6. The minimum atomic E-state index is -0.273. The van der Waals surface area contributed by atoms with E-state index in [0.717, 1.165) is 23.0 Å². The molecule has 0 aromatic rings. The fourth-order valence-corrected chi connectivity index (χ4v) is 2.07. The Morgan fingerprint density at radius 2 is 1.28 bits per heavy atom. The van der Waals surface area contributed by atoms with Gasteiger partial charge in [0.05, 0.1) is 5.60 Å². The number of Topliss-reactive ketones (excluding diaryl/α,β-unsaturated/α-hetero) is 1. The molecule has 0 rings (SSSR count). The Hall–Kier alpha value is -2.52. The van der Waals surface area contributed by atoms with Crippen LogP contribution in [0.15, 0.2) is 83.1 Å². The van der Waals surface area contributed by atoms with E-state index in [1.165, 1.54) is 0 Å². The number of ketones is 1. The molecule has 0 spiro atoms. The quantitative estimate of drug-likeness (QED) is 0.217. The van der Waals surface area contributed by atoms with E-state index in [1.54, 1.807) is 20.1 Å². The van der Waals surface area contributed by atoms with Crippen molar-refractivity contribution < 1.29 is 14.3 Å². The molecule has 0 aromatic carbocycles. The van der Waals surface area contributed by atoms with Crippen LogP contribution < -0.4 is 0 Å². The van der Waals surface area contributed by atoms with Crippen LogP contribution >= 0.6 is 0 Å². The van der Waals surface area contributed by atoms with Crippen LogP contribution in [0.4, 0.5) is 0 Å². The Labute approximate surface area is 176 Å². The first-order valence-electron chi connectivity index (χ1n) is 9.86. The Morgan fingerprint density at radius 3 is 1.79 bits per heavy atom. The van der Waals surface area contributed by atoms with Gasteiger partial charge in [-0.2, -0.15) is 0 Å². The Bertz CT molecular complexity index is 751. The molecule has 0 N–H and O–H groups in total. The van der Waals surface area contributed by atoms with Crippen LogP contribution in [0.5, 0.6) is 0 Å². The summed E-state index contributed by atoms with van der Waals surface area (Å²) in [5.41, 5.74) is 3.36. The first kappa shape index (κ1) is 26.5. The van der Waals surface area contributed by atoms with E-state index in [2.05, 4.69) is 0 Å². The highest BCUT2D eigenvalue weighted by molar-refractivity contribution is 5.95. The second-order valence-electron chi connectivity index (χ2n) is 7.69. The van der Waals surface area contributed by atoms with Crippen molar-refractivity contribution in [1.82, 2.24) is 0 Å². The molecule has 0 aromatic heterocycles. The number of hydrogen-bond donors (Lipinski definition) is 0. The van der Waals surface area contributed by atoms with Crippen LogP contribution in [0, 0.1) is 0 Å². The van der Waals surface area contributed by atoms with Crippen LogP contribution in [-0.2, 0) is 14.3 Å². The van der Waals surface area contributed by atoms with E-state index in [1.807, 2.05) is 89.3 Å². The number of rotatable bonds is 12. The SMILES string of the molecule is COC(C)(C)CCC(=O)C(C)=CC=CC(C)=CC=CC(C)=CC=CC=C(C)C=O. The molecule has 3 nitrogen and oxygen atoms in total. The minimum absolute atomic E-state index is 0.147. The number of ether oxygens (including phenoxy) is 1. The van der Waals surface area contributed by atoms with Crippen molar-refractivity contribution >= 4 is 12.1 Å². The lowest BCUT2D eigenvalue weighted by Crippen LogP contribution is -2.23. The second kappa shape index (κ2) is 14.5. The van der Waals surface area contributed by atoms with E-state index in [0.29, 0.717) is 18.4 Å². The van der Waals surface area contributed by atoms with Gasteiger partial charge in [-0.15, -0.1) is 0 Å². The maximum atomic E-state index is 12.2. The summed E-state index contributed by atoms with van der Waals surface area (Å²) in [6, 6.07) is 0. The highest BCUT2D eigenvalue weighted by Crippen LogP contribution is 2.17. The standard InChI is InChI=1S/C26H36O3/c1-21(12-8-9-13-23(3)20-27)14-10-15-22(2)16-11-17-24(4)25(28)18-19-26(5,6)29-7/h8-17,20H,18-19H2,1-7H3. The van der Waals surface area contributed by atoms with Crippen molar-refractivity contribution in [2.75, 3.05) is 7.11 Å². The van der Waals surface area contributed by atoms with Crippen LogP contribution in [0.3, 0.4) is 0 Å². The fourth-order valence-electron chi connectivity index (χ4n) is 2.07. The number of aldehydes is 1. The van der Waals surface area contributed by atoms with Gasteiger partial charge in [0, 0.05) is 13.5 Å². The zero-order valence-electron chi connectivity index (χ0n) is 19.0. The number of allylic oxidation sites excluding steroid dienone is 14. The summed E-state index contributed by atoms with van der Waals surface area (Å²) in [5.74, 6) is 0.147. The molecule has 29 heavy (non-hydrogen) atoms. The molecule has 0 atom stereocenters. The van der Waals surface area contributed by atoms with Crippen LogP contribution in [0.1, 0.15) is 54.4 Å². The highest BCUT2D eigenvalue weighted by atomic mass is 16.5. The molecule has 0 aliphatic heterocycles. The maximum absolute atomic E-state index is 12.2. The van der Waals surface area contributed by atoms with Crippen LogP contribution in [0.2, 0.25) is 0 Å². The van der Waals surface area contributed by atoms with Crippen LogP contribution in [0.25, 0.3) is 0 Å². The largest absolute Gasteiger partial charge is 0.379 e. The van der Waals surface area contributed by atoms with Gasteiger partial charge >= 0.3 is 0 Å². The molecule has 0 heterocycles. The van der Waals surface area contributed by atoms with Crippen LogP contribution in [-0.4, -0.2) is 24.8 Å². The fraction of sp³-hybridized carbons (Fsp3) is 0.385. The summed E-state index contributed by atoms with van der Waals surface area (Å²) < 4.78 is 5.35. The van der Waals surface area contributed by atoms with Crippen molar-refractivity contribution in [2.24, 2.45) is 0 Å². The summed E-state index contributed by atoms with van der Waals surface area (Å²) >= 11 is 0. The van der Waals surface area contributed by atoms with Gasteiger partial charge in [0.15, 0.2) is 5.78 Å². The van der Waals surface area contributed by atoms with E-state index >= 15 is 0 Å². The van der Waals surface area contributed by atoms with Gasteiger partial charge < -0.3 is 4.74 Å². The zero-order chi connectivity index (χ0) is 22.3. The average molecular weight is 397 g/mol. The molecule has 0 unspecified atom stereocenters. The van der Waals surface area contributed by atoms with Crippen molar-refractivity contribution in [3.8, 4) is 0 Å². The van der Waals surface area contributed by atoms with Crippen molar-refractivity contribution in [3.63, 3.8) is 0 Å². The smallest absolute Gasteiger partial charge is 0.158 e. The Balaban J connectivity index is 4.67. The van der Waals surface area contributed by atoms with Crippen molar-refractivity contribution in [3.05, 3.63) is 83.1 Å². The summed E-state index contributed by atoms with van der Waals surface area (Å²) in [6.07, 6.45) is 21.3. The molecule has 158 valence electrons. The number of methoxy groups -OCH3 is 1. The van der Waals surface area contributed by atoms with Crippen molar-refractivity contribution in [2.45, 2.75) is 60.0 Å². The molecule has 0 amide bonds. The summed E-state index contributed by atoms with van der Waals surface area (Å²) in [5, 5.41) is 0. The molecule has 0 radical (unpaired) electrons. The predicted octanol–water partition coefficient (Wildman–Crippen LogP) is 6.41. The monoisotopic (exact) mass is 396 g/mol. The Kier molecular flexibility index (Phi) is 13.2. The highest BCUT2D eigenvalue weighted by Gasteiger charge is 2.18. The zero-order valence-corrected chi connectivity index (χ0v) is 19.0. The van der Waals surface area contributed by atoms with E-state index in [9.17, 15) is 9.59 Å². The third kappa shape index (κ3) is 14.2. The lowest BCUT2D eigenvalue weighted by Gasteiger charge is -2.22. The van der Waals surface area contributed by atoms with Gasteiger partial charge in [0.2, 0.25) is 0 Å². The van der Waals surface area contributed by atoms with Gasteiger partial charge in [-0.1, -0.05) is 71.9 Å². The van der Waals surface area contributed by atoms with Gasteiger partial charge in [-0.05, 0) is 59.1 Å². The van der Waals surface area contributed by atoms with Gasteiger partial charge in [0.1, 0.15) is 6.29 Å². The summed E-state index contributed by atoms with van der Waals surface area (Å²) in [4.78, 5) is 22.7.